The number of pyridine rings is 1. The van der Waals surface area contributed by atoms with Crippen LogP contribution in [0.5, 0.6) is 0 Å². The SMILES string of the molecule is COC(=O)c1cccc(Cl)c1Cn1nc(-c2ccc(C(=O)O)cc2F)c2ncccc21. The second-order valence-electron chi connectivity index (χ2n) is 6.63. The second kappa shape index (κ2) is 8.16. The first-order valence-electron chi connectivity index (χ1n) is 9.11. The molecule has 9 heteroatoms. The fourth-order valence-electron chi connectivity index (χ4n) is 3.32. The summed E-state index contributed by atoms with van der Waals surface area (Å²) >= 11 is 6.35. The van der Waals surface area contributed by atoms with E-state index in [2.05, 4.69) is 10.1 Å². The number of carboxylic acids is 1. The van der Waals surface area contributed by atoms with Crippen LogP contribution in [-0.4, -0.2) is 38.9 Å². The summed E-state index contributed by atoms with van der Waals surface area (Å²) in [6.45, 7) is 0.112. The van der Waals surface area contributed by atoms with Gasteiger partial charge in [0.2, 0.25) is 0 Å². The highest BCUT2D eigenvalue weighted by Gasteiger charge is 2.21. The zero-order valence-electron chi connectivity index (χ0n) is 16.2. The van der Waals surface area contributed by atoms with E-state index in [0.717, 1.165) is 6.07 Å². The Kier molecular flexibility index (Phi) is 5.39. The van der Waals surface area contributed by atoms with Crippen molar-refractivity contribution in [1.82, 2.24) is 14.8 Å². The van der Waals surface area contributed by atoms with E-state index in [4.69, 9.17) is 21.4 Å². The van der Waals surface area contributed by atoms with Crippen molar-refractivity contribution in [3.63, 3.8) is 0 Å². The van der Waals surface area contributed by atoms with Crippen LogP contribution in [0, 0.1) is 5.82 Å². The lowest BCUT2D eigenvalue weighted by molar-refractivity contribution is 0.0598. The number of fused-ring (bicyclic) bond motifs is 1. The Morgan fingerprint density at radius 1 is 1.19 bits per heavy atom. The maximum Gasteiger partial charge on any atom is 0.338 e. The predicted molar refractivity (Wildman–Crippen MR) is 112 cm³/mol. The van der Waals surface area contributed by atoms with E-state index in [1.807, 2.05) is 0 Å². The Bertz CT molecular complexity index is 1340. The summed E-state index contributed by atoms with van der Waals surface area (Å²) < 4.78 is 21.1. The molecular weight excluding hydrogens is 425 g/mol. The number of aromatic nitrogens is 3. The predicted octanol–water partition coefficient (Wildman–Crippen LogP) is 4.42. The summed E-state index contributed by atoms with van der Waals surface area (Å²) in [6, 6.07) is 12.0. The highest BCUT2D eigenvalue weighted by molar-refractivity contribution is 6.31. The maximum absolute atomic E-state index is 14.7. The molecule has 0 spiro atoms. The fraction of sp³-hybridized carbons (Fsp3) is 0.0909. The average Bonchev–Trinajstić information content (AvgIpc) is 3.12. The Morgan fingerprint density at radius 3 is 2.71 bits per heavy atom. The van der Waals surface area contributed by atoms with Gasteiger partial charge in [0.1, 0.15) is 17.0 Å². The van der Waals surface area contributed by atoms with Gasteiger partial charge >= 0.3 is 11.9 Å². The zero-order chi connectivity index (χ0) is 22.1. The number of methoxy groups -OCH3 is 1. The normalized spacial score (nSPS) is 10.9. The molecule has 156 valence electrons. The number of carbonyl (C=O) groups excluding carboxylic acids is 1. The Hall–Kier alpha value is -3.78. The van der Waals surface area contributed by atoms with Crippen LogP contribution < -0.4 is 0 Å². The number of nitrogens with zero attached hydrogens (tertiary/aromatic N) is 3. The molecular formula is C22H15ClFN3O4. The van der Waals surface area contributed by atoms with E-state index < -0.39 is 17.8 Å². The molecule has 4 aromatic rings. The minimum absolute atomic E-state index is 0.111. The maximum atomic E-state index is 14.7. The standard InChI is InChI=1S/C22H15ClFN3O4/c1-31-22(30)13-4-2-5-16(23)15(13)11-27-18-6-3-9-25-20(18)19(26-27)14-8-7-12(21(28)29)10-17(14)24/h2-10H,11H2,1H3,(H,28,29). The van der Waals surface area contributed by atoms with E-state index >= 15 is 0 Å². The summed E-state index contributed by atoms with van der Waals surface area (Å²) in [5.41, 5.74) is 2.00. The first kappa shape index (κ1) is 20.5. The third kappa shape index (κ3) is 3.73. The summed E-state index contributed by atoms with van der Waals surface area (Å²) in [6.07, 6.45) is 1.55. The number of esters is 1. The Balaban J connectivity index is 1.87. The number of halogens is 2. The van der Waals surface area contributed by atoms with Crippen molar-refractivity contribution in [3.8, 4) is 11.3 Å². The first-order valence-corrected chi connectivity index (χ1v) is 9.49. The minimum Gasteiger partial charge on any atom is -0.478 e. The third-order valence-electron chi connectivity index (χ3n) is 4.81. The van der Waals surface area contributed by atoms with E-state index in [9.17, 15) is 14.0 Å². The fourth-order valence-corrected chi connectivity index (χ4v) is 3.56. The lowest BCUT2D eigenvalue weighted by atomic mass is 10.1. The van der Waals surface area contributed by atoms with Gasteiger partial charge in [-0.2, -0.15) is 5.10 Å². The van der Waals surface area contributed by atoms with Crippen molar-refractivity contribution in [2.75, 3.05) is 7.11 Å². The largest absolute Gasteiger partial charge is 0.478 e. The average molecular weight is 440 g/mol. The van der Waals surface area contributed by atoms with Gasteiger partial charge in [-0.05, 0) is 42.5 Å². The highest BCUT2D eigenvalue weighted by Crippen LogP contribution is 2.30. The van der Waals surface area contributed by atoms with Crippen LogP contribution in [0.15, 0.2) is 54.7 Å². The summed E-state index contributed by atoms with van der Waals surface area (Å²) in [4.78, 5) is 27.6. The molecule has 0 unspecified atom stereocenters. The number of ether oxygens (including phenoxy) is 1. The number of hydrogen-bond acceptors (Lipinski definition) is 5. The van der Waals surface area contributed by atoms with Crippen molar-refractivity contribution in [2.24, 2.45) is 0 Å². The molecule has 0 saturated carbocycles. The van der Waals surface area contributed by atoms with Gasteiger partial charge in [-0.25, -0.2) is 14.0 Å². The smallest absolute Gasteiger partial charge is 0.338 e. The first-order chi connectivity index (χ1) is 14.9. The molecule has 31 heavy (non-hydrogen) atoms. The van der Waals surface area contributed by atoms with E-state index in [1.165, 1.54) is 19.2 Å². The lowest BCUT2D eigenvalue weighted by Gasteiger charge is -2.11. The van der Waals surface area contributed by atoms with E-state index in [0.29, 0.717) is 27.2 Å². The molecule has 7 nitrogen and oxygen atoms in total. The molecule has 0 atom stereocenters. The monoisotopic (exact) mass is 439 g/mol. The molecule has 0 fully saturated rings. The third-order valence-corrected chi connectivity index (χ3v) is 5.17. The van der Waals surface area contributed by atoms with Crippen molar-refractivity contribution < 1.29 is 23.8 Å². The van der Waals surface area contributed by atoms with Gasteiger partial charge in [0.05, 0.1) is 30.3 Å². The molecule has 0 bridgehead atoms. The number of hydrogen-bond donors (Lipinski definition) is 1. The second-order valence-corrected chi connectivity index (χ2v) is 7.04. The van der Waals surface area contributed by atoms with Gasteiger partial charge in [0.25, 0.3) is 0 Å². The molecule has 4 rings (SSSR count). The number of rotatable bonds is 5. The van der Waals surface area contributed by atoms with E-state index in [1.54, 1.807) is 41.2 Å². The van der Waals surface area contributed by atoms with Gasteiger partial charge in [-0.3, -0.25) is 9.67 Å². The van der Waals surface area contributed by atoms with Crippen molar-refractivity contribution >= 4 is 34.6 Å². The topological polar surface area (TPSA) is 94.3 Å². The molecule has 0 aliphatic heterocycles. The van der Waals surface area contributed by atoms with Gasteiger partial charge in [-0.15, -0.1) is 0 Å². The molecule has 0 amide bonds. The molecule has 0 aliphatic rings. The summed E-state index contributed by atoms with van der Waals surface area (Å²) in [5.74, 6) is -2.50. The van der Waals surface area contributed by atoms with Crippen molar-refractivity contribution in [2.45, 2.75) is 6.54 Å². The Labute approximate surface area is 180 Å². The molecule has 0 saturated heterocycles. The summed E-state index contributed by atoms with van der Waals surface area (Å²) in [7, 11) is 1.28. The van der Waals surface area contributed by atoms with Crippen LogP contribution in [0.3, 0.4) is 0 Å². The molecule has 0 aliphatic carbocycles. The summed E-state index contributed by atoms with van der Waals surface area (Å²) in [5, 5.41) is 13.9. The van der Waals surface area contributed by atoms with Crippen LogP contribution in [-0.2, 0) is 11.3 Å². The lowest BCUT2D eigenvalue weighted by Crippen LogP contribution is -2.10. The number of carboxylic acid groups (broad SMARTS) is 1. The minimum atomic E-state index is -1.23. The van der Waals surface area contributed by atoms with Crippen molar-refractivity contribution in [1.29, 1.82) is 0 Å². The van der Waals surface area contributed by atoms with Gasteiger partial charge in [0, 0.05) is 22.3 Å². The molecule has 0 radical (unpaired) electrons. The molecule has 2 aromatic carbocycles. The zero-order valence-corrected chi connectivity index (χ0v) is 16.9. The quantitative estimate of drug-likeness (QED) is 0.462. The van der Waals surface area contributed by atoms with Gasteiger partial charge in [-0.1, -0.05) is 17.7 Å². The van der Waals surface area contributed by atoms with Crippen LogP contribution in [0.4, 0.5) is 4.39 Å². The van der Waals surface area contributed by atoms with Crippen LogP contribution in [0.2, 0.25) is 5.02 Å². The molecule has 1 N–H and O–H groups in total. The van der Waals surface area contributed by atoms with Crippen LogP contribution in [0.25, 0.3) is 22.3 Å². The van der Waals surface area contributed by atoms with Gasteiger partial charge < -0.3 is 9.84 Å². The molecule has 2 heterocycles. The van der Waals surface area contributed by atoms with Crippen LogP contribution >= 0.6 is 11.6 Å². The highest BCUT2D eigenvalue weighted by atomic mass is 35.5. The van der Waals surface area contributed by atoms with Gasteiger partial charge in [0.15, 0.2) is 0 Å². The van der Waals surface area contributed by atoms with E-state index in [-0.39, 0.29) is 23.4 Å². The number of carbonyl (C=O) groups is 2. The van der Waals surface area contributed by atoms with Crippen LogP contribution in [0.1, 0.15) is 26.3 Å². The number of benzene rings is 2. The van der Waals surface area contributed by atoms with Crippen molar-refractivity contribution in [3.05, 3.63) is 82.3 Å². The number of aromatic carboxylic acids is 1. The Morgan fingerprint density at radius 2 is 2.00 bits per heavy atom. The molecule has 2 aromatic heterocycles.